The van der Waals surface area contributed by atoms with Gasteiger partial charge >= 0.3 is 0 Å². The molecule has 3 aromatic rings. The van der Waals surface area contributed by atoms with Gasteiger partial charge in [0.05, 0.1) is 17.7 Å². The fraction of sp³-hybridized carbons (Fsp3) is 0.269. The second-order valence-corrected chi connectivity index (χ2v) is 11.2. The summed E-state index contributed by atoms with van der Waals surface area (Å²) < 4.78 is 34.0. The minimum atomic E-state index is -4.09. The number of benzene rings is 3. The van der Waals surface area contributed by atoms with Gasteiger partial charge in [0.2, 0.25) is 5.91 Å². The lowest BCUT2D eigenvalue weighted by molar-refractivity contribution is -0.129. The van der Waals surface area contributed by atoms with Gasteiger partial charge in [-0.2, -0.15) is 0 Å². The minimum absolute atomic E-state index is 0.0775. The van der Waals surface area contributed by atoms with E-state index in [0.717, 1.165) is 15.6 Å². The van der Waals surface area contributed by atoms with E-state index in [1.807, 2.05) is 31.2 Å². The highest BCUT2D eigenvalue weighted by molar-refractivity contribution is 7.92. The number of piperazine rings is 1. The number of halogens is 2. The molecular weight excluding hydrogens is 521 g/mol. The van der Waals surface area contributed by atoms with E-state index in [1.54, 1.807) is 29.2 Å². The third kappa shape index (κ3) is 5.72. The van der Waals surface area contributed by atoms with E-state index >= 15 is 0 Å². The lowest BCUT2D eigenvalue weighted by Gasteiger charge is -2.37. The van der Waals surface area contributed by atoms with Gasteiger partial charge in [-0.25, -0.2) is 8.42 Å². The molecule has 10 heteroatoms. The van der Waals surface area contributed by atoms with Crippen LogP contribution < -0.4 is 13.9 Å². The summed E-state index contributed by atoms with van der Waals surface area (Å²) in [6.45, 7) is 3.62. The van der Waals surface area contributed by atoms with Crippen LogP contribution in [0.3, 0.4) is 0 Å². The molecule has 0 saturated carbocycles. The molecule has 1 aliphatic rings. The van der Waals surface area contributed by atoms with Gasteiger partial charge in [0.25, 0.3) is 10.0 Å². The molecule has 3 aromatic carbocycles. The van der Waals surface area contributed by atoms with Gasteiger partial charge in [-0.1, -0.05) is 47.0 Å². The number of methoxy groups -OCH3 is 1. The predicted octanol–water partition coefficient (Wildman–Crippen LogP) is 4.85. The van der Waals surface area contributed by atoms with Crippen molar-refractivity contribution in [3.8, 4) is 5.75 Å². The van der Waals surface area contributed by atoms with Crippen LogP contribution in [-0.2, 0) is 14.8 Å². The molecule has 4 rings (SSSR count). The first-order valence-corrected chi connectivity index (χ1v) is 13.6. The monoisotopic (exact) mass is 547 g/mol. The highest BCUT2D eigenvalue weighted by atomic mass is 35.5. The maximum atomic E-state index is 13.7. The maximum Gasteiger partial charge on any atom is 0.264 e. The number of carbonyl (C=O) groups excluding carboxylic acids is 1. The Hall–Kier alpha value is -2.94. The summed E-state index contributed by atoms with van der Waals surface area (Å²) >= 11 is 12.3. The summed E-state index contributed by atoms with van der Waals surface area (Å²) in [4.78, 5) is 17.3. The number of carbonyl (C=O) groups is 1. The van der Waals surface area contributed by atoms with Crippen molar-refractivity contribution >= 4 is 50.5 Å². The van der Waals surface area contributed by atoms with Crippen LogP contribution in [0.2, 0.25) is 10.0 Å². The molecule has 1 fully saturated rings. The van der Waals surface area contributed by atoms with Crippen molar-refractivity contribution in [2.24, 2.45) is 0 Å². The minimum Gasteiger partial charge on any atom is -0.495 e. The second kappa shape index (κ2) is 11.0. The predicted molar refractivity (Wildman–Crippen MR) is 144 cm³/mol. The second-order valence-electron chi connectivity index (χ2n) is 8.49. The van der Waals surface area contributed by atoms with Gasteiger partial charge in [-0.05, 0) is 55.5 Å². The van der Waals surface area contributed by atoms with Crippen molar-refractivity contribution in [3.63, 3.8) is 0 Å². The third-order valence-electron chi connectivity index (χ3n) is 6.10. The number of rotatable bonds is 7. The fourth-order valence-electron chi connectivity index (χ4n) is 4.10. The topological polar surface area (TPSA) is 70.2 Å². The number of hydrogen-bond acceptors (Lipinski definition) is 5. The molecule has 1 saturated heterocycles. The Morgan fingerprint density at radius 1 is 0.944 bits per heavy atom. The number of amides is 1. The molecule has 0 unspecified atom stereocenters. The van der Waals surface area contributed by atoms with E-state index in [0.29, 0.717) is 42.0 Å². The molecule has 1 aliphatic heterocycles. The van der Waals surface area contributed by atoms with E-state index in [1.165, 1.54) is 25.3 Å². The van der Waals surface area contributed by atoms with Gasteiger partial charge in [0, 0.05) is 41.9 Å². The van der Waals surface area contributed by atoms with Crippen LogP contribution in [0.5, 0.6) is 5.75 Å². The Labute approximate surface area is 221 Å². The Morgan fingerprint density at radius 3 is 2.25 bits per heavy atom. The van der Waals surface area contributed by atoms with Gasteiger partial charge in [-0.3, -0.25) is 9.10 Å². The van der Waals surface area contributed by atoms with E-state index < -0.39 is 10.0 Å². The number of hydrogen-bond donors (Lipinski definition) is 0. The largest absolute Gasteiger partial charge is 0.495 e. The maximum absolute atomic E-state index is 13.7. The van der Waals surface area contributed by atoms with Crippen molar-refractivity contribution < 1.29 is 17.9 Å². The van der Waals surface area contributed by atoms with Crippen LogP contribution in [0.15, 0.2) is 71.6 Å². The quantitative estimate of drug-likeness (QED) is 0.422. The number of nitrogens with zero attached hydrogens (tertiary/aromatic N) is 3. The Balaban J connectivity index is 1.60. The first-order chi connectivity index (χ1) is 17.2. The lowest BCUT2D eigenvalue weighted by Crippen LogP contribution is -2.52. The van der Waals surface area contributed by atoms with Gasteiger partial charge < -0.3 is 14.5 Å². The first kappa shape index (κ1) is 26.1. The van der Waals surface area contributed by atoms with Crippen LogP contribution in [0.25, 0.3) is 0 Å². The molecule has 190 valence electrons. The normalized spacial score (nSPS) is 14.0. The van der Waals surface area contributed by atoms with E-state index in [2.05, 4.69) is 4.90 Å². The average Bonchev–Trinajstić information content (AvgIpc) is 2.87. The summed E-state index contributed by atoms with van der Waals surface area (Å²) in [5, 5.41) is 0.982. The Morgan fingerprint density at radius 2 is 1.61 bits per heavy atom. The molecule has 0 bridgehead atoms. The zero-order valence-corrected chi connectivity index (χ0v) is 22.4. The van der Waals surface area contributed by atoms with Gasteiger partial charge in [-0.15, -0.1) is 0 Å². The number of aryl methyl sites for hydroxylation is 1. The first-order valence-electron chi connectivity index (χ1n) is 11.4. The number of sulfonamides is 1. The van der Waals surface area contributed by atoms with Gasteiger partial charge in [0.15, 0.2) is 0 Å². The molecule has 0 atom stereocenters. The molecule has 0 radical (unpaired) electrons. The van der Waals surface area contributed by atoms with E-state index in [4.69, 9.17) is 27.9 Å². The molecule has 1 heterocycles. The van der Waals surface area contributed by atoms with Crippen molar-refractivity contribution in [1.29, 1.82) is 0 Å². The SMILES string of the molecule is COc1ccc(Cl)cc1N(CC(=O)N1CCN(c2cccc(Cl)c2)CC1)S(=O)(=O)c1ccc(C)cc1. The zero-order valence-electron chi connectivity index (χ0n) is 20.0. The molecule has 0 spiro atoms. The van der Waals surface area contributed by atoms with Crippen LogP contribution in [0.4, 0.5) is 11.4 Å². The summed E-state index contributed by atoms with van der Waals surface area (Å²) in [6, 6.07) is 18.8. The average molecular weight is 548 g/mol. The fourth-order valence-corrected chi connectivity index (χ4v) is 5.87. The van der Waals surface area contributed by atoms with Crippen molar-refractivity contribution in [2.45, 2.75) is 11.8 Å². The Bertz CT molecular complexity index is 1340. The standard InChI is InChI=1S/C26H27Cl2N3O4S/c1-19-6-9-23(10-7-19)36(33,34)31(24-17-21(28)8-11-25(24)35-2)18-26(32)30-14-12-29(13-15-30)22-5-3-4-20(27)16-22/h3-11,16-17H,12-15,18H2,1-2H3. The summed E-state index contributed by atoms with van der Waals surface area (Å²) in [6.07, 6.45) is 0. The smallest absolute Gasteiger partial charge is 0.264 e. The zero-order chi connectivity index (χ0) is 25.9. The molecule has 36 heavy (non-hydrogen) atoms. The highest BCUT2D eigenvalue weighted by Crippen LogP contribution is 2.35. The number of ether oxygens (including phenoxy) is 1. The summed E-state index contributed by atoms with van der Waals surface area (Å²) in [5.74, 6) is -0.00729. The van der Waals surface area contributed by atoms with E-state index in [-0.39, 0.29) is 23.0 Å². The molecule has 0 N–H and O–H groups in total. The van der Waals surface area contributed by atoms with Crippen LogP contribution in [-0.4, -0.2) is 59.1 Å². The summed E-state index contributed by atoms with van der Waals surface area (Å²) in [5.41, 5.74) is 2.12. The molecule has 1 amide bonds. The number of anilines is 2. The molecular formula is C26H27Cl2N3O4S. The van der Waals surface area contributed by atoms with Crippen molar-refractivity contribution in [2.75, 3.05) is 49.0 Å². The highest BCUT2D eigenvalue weighted by Gasteiger charge is 2.32. The molecule has 0 aromatic heterocycles. The summed E-state index contributed by atoms with van der Waals surface area (Å²) in [7, 11) is -2.65. The van der Waals surface area contributed by atoms with Crippen LogP contribution in [0.1, 0.15) is 5.56 Å². The third-order valence-corrected chi connectivity index (χ3v) is 8.35. The lowest BCUT2D eigenvalue weighted by atomic mass is 10.2. The van der Waals surface area contributed by atoms with Crippen molar-refractivity contribution in [3.05, 3.63) is 82.3 Å². The van der Waals surface area contributed by atoms with Crippen molar-refractivity contribution in [1.82, 2.24) is 4.90 Å². The molecule has 7 nitrogen and oxygen atoms in total. The van der Waals surface area contributed by atoms with Gasteiger partial charge in [0.1, 0.15) is 12.3 Å². The molecule has 0 aliphatic carbocycles. The van der Waals surface area contributed by atoms with Crippen LogP contribution >= 0.6 is 23.2 Å². The van der Waals surface area contributed by atoms with Crippen LogP contribution in [0, 0.1) is 6.92 Å². The Kier molecular flexibility index (Phi) is 7.97. The van der Waals surface area contributed by atoms with E-state index in [9.17, 15) is 13.2 Å².